The van der Waals surface area contributed by atoms with E-state index in [1.54, 1.807) is 30.3 Å². The van der Waals surface area contributed by atoms with Crippen LogP contribution in [0.5, 0.6) is 0 Å². The number of benzene rings is 2. The highest BCUT2D eigenvalue weighted by Crippen LogP contribution is 2.26. The Hall–Kier alpha value is -2.47. The fraction of sp³-hybridized carbons (Fsp3) is 0. The number of hydrogen-bond donors (Lipinski definition) is 0. The van der Waals surface area contributed by atoms with Gasteiger partial charge in [-0.25, -0.2) is 0 Å². The predicted octanol–water partition coefficient (Wildman–Crippen LogP) is 6.32. The van der Waals surface area contributed by atoms with Gasteiger partial charge >= 0.3 is 0 Å². The topological polar surface area (TPSA) is 36.9 Å². The highest BCUT2D eigenvalue weighted by molar-refractivity contribution is 6.30. The SMILES string of the molecule is N#CC(=Cc1ccc(-c2ccc(Cl)cc2)o1)c1ccc(Cl)cc1. The van der Waals surface area contributed by atoms with Crippen LogP contribution < -0.4 is 0 Å². The van der Waals surface area contributed by atoms with E-state index in [0.29, 0.717) is 21.4 Å². The summed E-state index contributed by atoms with van der Waals surface area (Å²) in [6.45, 7) is 0. The van der Waals surface area contributed by atoms with E-state index in [2.05, 4.69) is 6.07 Å². The van der Waals surface area contributed by atoms with Gasteiger partial charge < -0.3 is 4.42 Å². The highest BCUT2D eigenvalue weighted by Gasteiger charge is 2.06. The standard InChI is InChI=1S/C19H11Cl2NO/c20-16-5-1-13(2-6-16)15(12-22)11-18-9-10-19(23-18)14-3-7-17(21)8-4-14/h1-11H. The number of nitrogens with zero attached hydrogens (tertiary/aromatic N) is 1. The third-order valence-corrected chi connectivity index (χ3v) is 3.82. The minimum absolute atomic E-state index is 0.513. The summed E-state index contributed by atoms with van der Waals surface area (Å²) in [6, 6.07) is 20.4. The molecule has 0 spiro atoms. The maximum absolute atomic E-state index is 9.36. The average Bonchev–Trinajstić information content (AvgIpc) is 3.03. The summed E-state index contributed by atoms with van der Waals surface area (Å²) >= 11 is 11.8. The lowest BCUT2D eigenvalue weighted by Crippen LogP contribution is -1.80. The molecule has 1 aromatic heterocycles. The molecular formula is C19H11Cl2NO. The van der Waals surface area contributed by atoms with Gasteiger partial charge in [0.25, 0.3) is 0 Å². The second-order valence-corrected chi connectivity index (χ2v) is 5.76. The van der Waals surface area contributed by atoms with Crippen LogP contribution in [0.4, 0.5) is 0 Å². The molecule has 0 bridgehead atoms. The lowest BCUT2D eigenvalue weighted by molar-refractivity contribution is 0.572. The van der Waals surface area contributed by atoms with Gasteiger partial charge in [0.2, 0.25) is 0 Å². The molecule has 112 valence electrons. The quantitative estimate of drug-likeness (QED) is 0.523. The van der Waals surface area contributed by atoms with Crippen molar-refractivity contribution in [1.82, 2.24) is 0 Å². The molecule has 0 unspecified atom stereocenters. The maximum Gasteiger partial charge on any atom is 0.134 e. The maximum atomic E-state index is 9.36. The zero-order valence-corrected chi connectivity index (χ0v) is 13.5. The van der Waals surface area contributed by atoms with Crippen LogP contribution in [0, 0.1) is 11.3 Å². The summed E-state index contributed by atoms with van der Waals surface area (Å²) in [5.74, 6) is 1.34. The molecule has 2 aromatic carbocycles. The number of hydrogen-bond acceptors (Lipinski definition) is 2. The smallest absolute Gasteiger partial charge is 0.134 e. The average molecular weight is 340 g/mol. The van der Waals surface area contributed by atoms with Crippen LogP contribution >= 0.6 is 23.2 Å². The van der Waals surface area contributed by atoms with E-state index >= 15 is 0 Å². The third-order valence-electron chi connectivity index (χ3n) is 3.32. The Bertz CT molecular complexity index is 884. The van der Waals surface area contributed by atoms with Crippen LogP contribution in [0.2, 0.25) is 10.0 Å². The van der Waals surface area contributed by atoms with E-state index in [4.69, 9.17) is 27.6 Å². The Morgan fingerprint density at radius 2 is 1.48 bits per heavy atom. The summed E-state index contributed by atoms with van der Waals surface area (Å²) in [7, 11) is 0. The van der Waals surface area contributed by atoms with Gasteiger partial charge in [-0.1, -0.05) is 35.3 Å². The first-order valence-corrected chi connectivity index (χ1v) is 7.65. The Morgan fingerprint density at radius 1 is 0.870 bits per heavy atom. The van der Waals surface area contributed by atoms with E-state index in [0.717, 1.165) is 16.9 Å². The van der Waals surface area contributed by atoms with Crippen molar-refractivity contribution in [2.24, 2.45) is 0 Å². The normalized spacial score (nSPS) is 11.3. The first-order valence-electron chi connectivity index (χ1n) is 6.89. The molecule has 1 heterocycles. The van der Waals surface area contributed by atoms with E-state index < -0.39 is 0 Å². The van der Waals surface area contributed by atoms with Gasteiger partial charge in [0.15, 0.2) is 0 Å². The van der Waals surface area contributed by atoms with Gasteiger partial charge in [-0.3, -0.25) is 0 Å². The second kappa shape index (κ2) is 6.75. The van der Waals surface area contributed by atoms with Gasteiger partial charge in [0.05, 0.1) is 11.6 Å². The summed E-state index contributed by atoms with van der Waals surface area (Å²) in [6.07, 6.45) is 1.71. The molecule has 0 aliphatic rings. The first-order chi connectivity index (χ1) is 11.2. The number of furan rings is 1. The van der Waals surface area contributed by atoms with Crippen LogP contribution in [0.25, 0.3) is 23.0 Å². The Kier molecular flexibility index (Phi) is 4.52. The molecule has 4 heteroatoms. The van der Waals surface area contributed by atoms with Gasteiger partial charge in [0.1, 0.15) is 11.5 Å². The molecule has 0 saturated carbocycles. The zero-order chi connectivity index (χ0) is 16.2. The summed E-state index contributed by atoms with van der Waals surface area (Å²) < 4.78 is 5.79. The van der Waals surface area contributed by atoms with Gasteiger partial charge in [-0.05, 0) is 60.2 Å². The zero-order valence-electron chi connectivity index (χ0n) is 12.0. The van der Waals surface area contributed by atoms with Gasteiger partial charge in [0, 0.05) is 15.6 Å². The van der Waals surface area contributed by atoms with Crippen molar-refractivity contribution in [1.29, 1.82) is 5.26 Å². The van der Waals surface area contributed by atoms with E-state index in [1.807, 2.05) is 36.4 Å². The Balaban J connectivity index is 1.91. The molecule has 0 aliphatic heterocycles. The van der Waals surface area contributed by atoms with E-state index in [1.165, 1.54) is 0 Å². The molecule has 0 atom stereocenters. The third kappa shape index (κ3) is 3.65. The van der Waals surface area contributed by atoms with Crippen LogP contribution in [-0.4, -0.2) is 0 Å². The molecule has 3 rings (SSSR count). The van der Waals surface area contributed by atoms with E-state index in [9.17, 15) is 5.26 Å². The van der Waals surface area contributed by atoms with Crippen LogP contribution in [0.1, 0.15) is 11.3 Å². The van der Waals surface area contributed by atoms with Crippen molar-refractivity contribution >= 4 is 34.9 Å². The van der Waals surface area contributed by atoms with Crippen molar-refractivity contribution in [3.63, 3.8) is 0 Å². The largest absolute Gasteiger partial charge is 0.457 e. The molecule has 0 radical (unpaired) electrons. The summed E-state index contributed by atoms with van der Waals surface area (Å²) in [4.78, 5) is 0. The highest BCUT2D eigenvalue weighted by atomic mass is 35.5. The molecule has 0 aliphatic carbocycles. The van der Waals surface area contributed by atoms with Gasteiger partial charge in [-0.2, -0.15) is 5.26 Å². The monoisotopic (exact) mass is 339 g/mol. The van der Waals surface area contributed by atoms with Crippen molar-refractivity contribution in [3.05, 3.63) is 82.0 Å². The lowest BCUT2D eigenvalue weighted by Gasteiger charge is -1.99. The summed E-state index contributed by atoms with van der Waals surface area (Å²) in [5, 5.41) is 10.7. The van der Waals surface area contributed by atoms with Gasteiger partial charge in [-0.15, -0.1) is 0 Å². The van der Waals surface area contributed by atoms with Crippen molar-refractivity contribution in [2.45, 2.75) is 0 Å². The van der Waals surface area contributed by atoms with Crippen molar-refractivity contribution in [3.8, 4) is 17.4 Å². The molecule has 2 nitrogen and oxygen atoms in total. The number of allylic oxidation sites excluding steroid dienone is 1. The number of nitriles is 1. The molecule has 3 aromatic rings. The molecule has 0 saturated heterocycles. The fourth-order valence-corrected chi connectivity index (χ4v) is 2.40. The number of rotatable bonds is 3. The van der Waals surface area contributed by atoms with Crippen LogP contribution in [0.3, 0.4) is 0 Å². The Labute approximate surface area is 144 Å². The van der Waals surface area contributed by atoms with Crippen LogP contribution in [-0.2, 0) is 0 Å². The minimum atomic E-state index is 0.513. The molecule has 0 amide bonds. The van der Waals surface area contributed by atoms with Crippen molar-refractivity contribution in [2.75, 3.05) is 0 Å². The number of halogens is 2. The van der Waals surface area contributed by atoms with Crippen LogP contribution in [0.15, 0.2) is 65.1 Å². The fourth-order valence-electron chi connectivity index (χ4n) is 2.15. The predicted molar refractivity (Wildman–Crippen MR) is 94.1 cm³/mol. The Morgan fingerprint density at radius 3 is 2.09 bits per heavy atom. The molecule has 0 fully saturated rings. The minimum Gasteiger partial charge on any atom is -0.457 e. The second-order valence-electron chi connectivity index (χ2n) is 4.89. The van der Waals surface area contributed by atoms with E-state index in [-0.39, 0.29) is 0 Å². The molecular weight excluding hydrogens is 329 g/mol. The van der Waals surface area contributed by atoms with Crippen molar-refractivity contribution < 1.29 is 4.42 Å². The summed E-state index contributed by atoms with van der Waals surface area (Å²) in [5.41, 5.74) is 2.24. The first kappa shape index (κ1) is 15.4. The molecule has 23 heavy (non-hydrogen) atoms. The lowest BCUT2D eigenvalue weighted by atomic mass is 10.1. The molecule has 0 N–H and O–H groups in total.